The number of rotatable bonds is 6. The molecule has 1 aliphatic rings. The molecule has 0 aromatic heterocycles. The van der Waals surface area contributed by atoms with E-state index in [1.54, 1.807) is 0 Å². The van der Waals surface area contributed by atoms with E-state index in [2.05, 4.69) is 117 Å². The highest BCUT2D eigenvalue weighted by atomic mass is 15.3. The third-order valence-corrected chi connectivity index (χ3v) is 5.88. The van der Waals surface area contributed by atoms with Crippen molar-refractivity contribution in [1.82, 2.24) is 0 Å². The van der Waals surface area contributed by atoms with Crippen molar-refractivity contribution < 1.29 is 0 Å². The summed E-state index contributed by atoms with van der Waals surface area (Å²) in [6.07, 6.45) is 6.47. The van der Waals surface area contributed by atoms with Gasteiger partial charge < -0.3 is 0 Å². The summed E-state index contributed by atoms with van der Waals surface area (Å²) in [5.41, 5.74) is 12.2. The standard InChI is InChI=1S/C28H30N2/c1-19(2)23-14-9-15-24(20(3)4)28(23)30-29-18-22-11-6-8-13-26(22)27-17-16-21-10-5-7-12-25(21)27/h5-20,27,30H,1-4H3. The summed E-state index contributed by atoms with van der Waals surface area (Å²) in [7, 11) is 0. The molecule has 3 aromatic rings. The highest BCUT2D eigenvalue weighted by Gasteiger charge is 2.20. The normalized spacial score (nSPS) is 15.3. The van der Waals surface area contributed by atoms with Crippen molar-refractivity contribution in [2.45, 2.75) is 45.4 Å². The van der Waals surface area contributed by atoms with Gasteiger partial charge in [-0.05, 0) is 45.2 Å². The molecular formula is C28H30N2. The average molecular weight is 395 g/mol. The van der Waals surface area contributed by atoms with Gasteiger partial charge >= 0.3 is 0 Å². The van der Waals surface area contributed by atoms with Gasteiger partial charge in [-0.3, -0.25) is 5.43 Å². The molecule has 2 heteroatoms. The molecule has 1 N–H and O–H groups in total. The summed E-state index contributed by atoms with van der Waals surface area (Å²) >= 11 is 0. The van der Waals surface area contributed by atoms with Crippen molar-refractivity contribution in [3.05, 3.63) is 106 Å². The van der Waals surface area contributed by atoms with Crippen molar-refractivity contribution in [2.75, 3.05) is 5.43 Å². The van der Waals surface area contributed by atoms with E-state index in [1.165, 1.54) is 27.8 Å². The van der Waals surface area contributed by atoms with E-state index in [1.807, 2.05) is 6.21 Å². The molecule has 0 radical (unpaired) electrons. The Morgan fingerprint density at radius 2 is 1.40 bits per heavy atom. The molecule has 3 aromatic carbocycles. The number of benzene rings is 3. The molecule has 1 atom stereocenters. The second kappa shape index (κ2) is 8.71. The summed E-state index contributed by atoms with van der Waals surface area (Å²) in [6, 6.07) is 23.7. The number of nitrogens with one attached hydrogen (secondary N) is 1. The van der Waals surface area contributed by atoms with Crippen LogP contribution in [0.4, 0.5) is 5.69 Å². The first-order chi connectivity index (χ1) is 14.6. The molecule has 0 fully saturated rings. The Labute approximate surface area is 180 Å². The Bertz CT molecular complexity index is 1060. The first-order valence-corrected chi connectivity index (χ1v) is 10.8. The van der Waals surface area contributed by atoms with Gasteiger partial charge in [-0.25, -0.2) is 0 Å². The number of allylic oxidation sites excluding steroid dienone is 1. The van der Waals surface area contributed by atoms with Crippen LogP contribution in [0, 0.1) is 0 Å². The summed E-state index contributed by atoms with van der Waals surface area (Å²) in [5.74, 6) is 1.15. The van der Waals surface area contributed by atoms with E-state index in [0.29, 0.717) is 11.8 Å². The molecule has 0 spiro atoms. The Balaban J connectivity index is 1.64. The van der Waals surface area contributed by atoms with Crippen LogP contribution in [0.5, 0.6) is 0 Å². The fourth-order valence-electron chi connectivity index (χ4n) is 4.28. The lowest BCUT2D eigenvalue weighted by molar-refractivity contribution is 0.835. The summed E-state index contributed by atoms with van der Waals surface area (Å²) in [4.78, 5) is 0. The summed E-state index contributed by atoms with van der Waals surface area (Å²) < 4.78 is 0. The van der Waals surface area contributed by atoms with Crippen molar-refractivity contribution in [3.8, 4) is 0 Å². The molecule has 0 amide bonds. The van der Waals surface area contributed by atoms with Crippen LogP contribution >= 0.6 is 0 Å². The highest BCUT2D eigenvalue weighted by Crippen LogP contribution is 2.36. The zero-order chi connectivity index (χ0) is 21.1. The predicted molar refractivity (Wildman–Crippen MR) is 130 cm³/mol. The molecule has 152 valence electrons. The molecule has 1 unspecified atom stereocenters. The SMILES string of the molecule is CC(C)c1cccc(C(C)C)c1NN=Cc1ccccc1C1C=Cc2ccccc21. The monoisotopic (exact) mass is 394 g/mol. The van der Waals surface area contributed by atoms with Gasteiger partial charge in [0.2, 0.25) is 0 Å². The molecule has 0 saturated heterocycles. The van der Waals surface area contributed by atoms with Crippen molar-refractivity contribution in [1.29, 1.82) is 0 Å². The van der Waals surface area contributed by atoms with Crippen molar-refractivity contribution >= 4 is 18.0 Å². The number of nitrogens with zero attached hydrogens (tertiary/aromatic N) is 1. The topological polar surface area (TPSA) is 24.4 Å². The maximum Gasteiger partial charge on any atom is 0.0630 e. The average Bonchev–Trinajstić information content (AvgIpc) is 3.18. The number of hydrogen-bond donors (Lipinski definition) is 1. The summed E-state index contributed by atoms with van der Waals surface area (Å²) in [6.45, 7) is 8.92. The second-order valence-electron chi connectivity index (χ2n) is 8.59. The molecule has 4 rings (SSSR count). The second-order valence-corrected chi connectivity index (χ2v) is 8.59. The number of hydrazone groups is 1. The van der Waals surface area contributed by atoms with E-state index in [0.717, 1.165) is 11.3 Å². The zero-order valence-corrected chi connectivity index (χ0v) is 18.3. The third kappa shape index (κ3) is 3.95. The van der Waals surface area contributed by atoms with Gasteiger partial charge in [-0.2, -0.15) is 5.10 Å². The molecule has 30 heavy (non-hydrogen) atoms. The molecular weight excluding hydrogens is 364 g/mol. The van der Waals surface area contributed by atoms with Gasteiger partial charge in [0.15, 0.2) is 0 Å². The van der Waals surface area contributed by atoms with Crippen molar-refractivity contribution in [2.24, 2.45) is 5.10 Å². The van der Waals surface area contributed by atoms with Crippen LogP contribution in [0.15, 0.2) is 77.9 Å². The maximum absolute atomic E-state index is 4.69. The van der Waals surface area contributed by atoms with Gasteiger partial charge in [0.05, 0.1) is 11.9 Å². The summed E-state index contributed by atoms with van der Waals surface area (Å²) in [5, 5.41) is 4.69. The van der Waals surface area contributed by atoms with Gasteiger partial charge in [0.25, 0.3) is 0 Å². The van der Waals surface area contributed by atoms with Crippen LogP contribution in [0.3, 0.4) is 0 Å². The van der Waals surface area contributed by atoms with E-state index >= 15 is 0 Å². The fourth-order valence-corrected chi connectivity index (χ4v) is 4.28. The molecule has 1 aliphatic carbocycles. The van der Waals surface area contributed by atoms with Gasteiger partial charge in [-0.15, -0.1) is 0 Å². The Morgan fingerprint density at radius 3 is 2.10 bits per heavy atom. The van der Waals surface area contributed by atoms with Gasteiger partial charge in [-0.1, -0.05) is 107 Å². The Kier molecular flexibility index (Phi) is 5.85. The fraction of sp³-hybridized carbons (Fsp3) is 0.250. The first-order valence-electron chi connectivity index (χ1n) is 10.8. The van der Waals surface area contributed by atoms with Crippen LogP contribution in [0.25, 0.3) is 6.08 Å². The van der Waals surface area contributed by atoms with Crippen LogP contribution in [0.2, 0.25) is 0 Å². The van der Waals surface area contributed by atoms with E-state index in [9.17, 15) is 0 Å². The lowest BCUT2D eigenvalue weighted by atomic mass is 9.90. The van der Waals surface area contributed by atoms with Gasteiger partial charge in [0, 0.05) is 5.92 Å². The number of anilines is 1. The molecule has 0 heterocycles. The number of fused-ring (bicyclic) bond motifs is 1. The van der Waals surface area contributed by atoms with Crippen molar-refractivity contribution in [3.63, 3.8) is 0 Å². The molecule has 2 nitrogen and oxygen atoms in total. The lowest BCUT2D eigenvalue weighted by Crippen LogP contribution is -2.05. The maximum atomic E-state index is 4.69. The smallest absolute Gasteiger partial charge is 0.0630 e. The highest BCUT2D eigenvalue weighted by molar-refractivity contribution is 5.84. The third-order valence-electron chi connectivity index (χ3n) is 5.88. The van der Waals surface area contributed by atoms with Gasteiger partial charge in [0.1, 0.15) is 0 Å². The number of hydrogen-bond acceptors (Lipinski definition) is 2. The number of para-hydroxylation sites is 1. The quantitative estimate of drug-likeness (QED) is 0.339. The van der Waals surface area contributed by atoms with E-state index in [4.69, 9.17) is 0 Å². The van der Waals surface area contributed by atoms with E-state index in [-0.39, 0.29) is 5.92 Å². The predicted octanol–water partition coefficient (Wildman–Crippen LogP) is 7.54. The van der Waals surface area contributed by atoms with Crippen LogP contribution in [0.1, 0.15) is 78.8 Å². The lowest BCUT2D eigenvalue weighted by Gasteiger charge is -2.19. The molecule has 0 aliphatic heterocycles. The Hall–Kier alpha value is -3.13. The molecule has 0 bridgehead atoms. The Morgan fingerprint density at radius 1 is 0.767 bits per heavy atom. The minimum atomic E-state index is 0.276. The van der Waals surface area contributed by atoms with E-state index < -0.39 is 0 Å². The minimum Gasteiger partial charge on any atom is -0.278 e. The first kappa shape index (κ1) is 20.2. The van der Waals surface area contributed by atoms with Crippen LogP contribution in [-0.2, 0) is 0 Å². The zero-order valence-electron chi connectivity index (χ0n) is 18.3. The minimum absolute atomic E-state index is 0.276. The largest absolute Gasteiger partial charge is 0.278 e. The molecule has 0 saturated carbocycles. The van der Waals surface area contributed by atoms with Crippen LogP contribution in [-0.4, -0.2) is 6.21 Å². The van der Waals surface area contributed by atoms with Crippen LogP contribution < -0.4 is 5.43 Å².